The molecule has 0 bridgehead atoms. The largest absolute Gasteiger partial charge is 0.126 e. The van der Waals surface area contributed by atoms with Crippen molar-refractivity contribution < 1.29 is 0 Å². The van der Waals surface area contributed by atoms with Gasteiger partial charge in [0.15, 0.2) is 0 Å². The number of benzene rings is 1. The van der Waals surface area contributed by atoms with Gasteiger partial charge in [-0.3, -0.25) is 0 Å². The van der Waals surface area contributed by atoms with Crippen LogP contribution in [0.25, 0.3) is 0 Å². The fourth-order valence-corrected chi connectivity index (χ4v) is 3.15. The molecular weight excluding hydrogens is 307 g/mol. The zero-order valence-corrected chi connectivity index (χ0v) is 12.6. The number of hydrogen-bond acceptors (Lipinski definition) is 0. The van der Waals surface area contributed by atoms with Crippen molar-refractivity contribution in [2.24, 2.45) is 5.41 Å². The maximum atomic E-state index is 6.10. The van der Waals surface area contributed by atoms with Gasteiger partial charge in [-0.05, 0) is 30.5 Å². The average molecular weight is 324 g/mol. The molecule has 0 heterocycles. The second-order valence-corrected chi connectivity index (χ2v) is 5.77. The third-order valence-corrected chi connectivity index (χ3v) is 4.44. The molecule has 0 nitrogen and oxygen atoms in total. The van der Waals surface area contributed by atoms with Gasteiger partial charge < -0.3 is 0 Å². The van der Waals surface area contributed by atoms with Crippen molar-refractivity contribution in [2.45, 2.75) is 26.2 Å². The molecule has 0 saturated carbocycles. The Balaban J connectivity index is 2.82. The molecule has 0 atom stereocenters. The van der Waals surface area contributed by atoms with Gasteiger partial charge in [0.25, 0.3) is 0 Å². The van der Waals surface area contributed by atoms with E-state index in [9.17, 15) is 0 Å². The standard InChI is InChI=1S/C13H17BrCl2/c1-2-6-13(9-15,10-16)8-11-4-3-5-12(14)7-11/h3-5,7H,2,6,8-10H2,1H3. The molecule has 0 aliphatic rings. The summed E-state index contributed by atoms with van der Waals surface area (Å²) in [6, 6.07) is 8.36. The van der Waals surface area contributed by atoms with Gasteiger partial charge in [0.1, 0.15) is 0 Å². The lowest BCUT2D eigenvalue weighted by Crippen LogP contribution is -2.27. The van der Waals surface area contributed by atoms with E-state index < -0.39 is 0 Å². The van der Waals surface area contributed by atoms with Crippen LogP contribution < -0.4 is 0 Å². The van der Waals surface area contributed by atoms with Crippen molar-refractivity contribution in [1.82, 2.24) is 0 Å². The van der Waals surface area contributed by atoms with Crippen molar-refractivity contribution in [3.05, 3.63) is 34.3 Å². The molecule has 1 aromatic carbocycles. The highest BCUT2D eigenvalue weighted by Crippen LogP contribution is 2.32. The molecule has 0 fully saturated rings. The van der Waals surface area contributed by atoms with Crippen LogP contribution in [0.3, 0.4) is 0 Å². The molecule has 0 aliphatic heterocycles. The van der Waals surface area contributed by atoms with Crippen molar-refractivity contribution in [2.75, 3.05) is 11.8 Å². The molecule has 0 radical (unpaired) electrons. The molecule has 3 heteroatoms. The van der Waals surface area contributed by atoms with E-state index in [1.165, 1.54) is 5.56 Å². The zero-order chi connectivity index (χ0) is 12.0. The predicted molar refractivity (Wildman–Crippen MR) is 76.6 cm³/mol. The minimum atomic E-state index is 0.0403. The Labute approximate surface area is 116 Å². The van der Waals surface area contributed by atoms with Gasteiger partial charge in [0.2, 0.25) is 0 Å². The summed E-state index contributed by atoms with van der Waals surface area (Å²) in [6.07, 6.45) is 3.15. The lowest BCUT2D eigenvalue weighted by Gasteiger charge is -2.29. The van der Waals surface area contributed by atoms with Crippen molar-refractivity contribution >= 4 is 39.1 Å². The van der Waals surface area contributed by atoms with Crippen LogP contribution in [0, 0.1) is 5.41 Å². The van der Waals surface area contributed by atoms with Crippen LogP contribution in [0.1, 0.15) is 25.3 Å². The first-order chi connectivity index (χ1) is 7.65. The molecule has 16 heavy (non-hydrogen) atoms. The van der Waals surface area contributed by atoms with E-state index in [-0.39, 0.29) is 5.41 Å². The van der Waals surface area contributed by atoms with Crippen LogP contribution in [-0.4, -0.2) is 11.8 Å². The SMILES string of the molecule is CCCC(CCl)(CCl)Cc1cccc(Br)c1. The van der Waals surface area contributed by atoms with E-state index in [1.54, 1.807) is 0 Å². The van der Waals surface area contributed by atoms with Gasteiger partial charge in [-0.1, -0.05) is 41.4 Å². The van der Waals surface area contributed by atoms with Gasteiger partial charge >= 0.3 is 0 Å². The molecule has 0 spiro atoms. The molecule has 0 amide bonds. The van der Waals surface area contributed by atoms with E-state index >= 15 is 0 Å². The minimum Gasteiger partial charge on any atom is -0.126 e. The molecule has 0 saturated heterocycles. The first kappa shape index (κ1) is 14.3. The van der Waals surface area contributed by atoms with E-state index in [1.807, 2.05) is 6.07 Å². The predicted octanol–water partition coefficient (Wildman–Crippen LogP) is 5.26. The third kappa shape index (κ3) is 3.94. The highest BCUT2D eigenvalue weighted by molar-refractivity contribution is 9.10. The molecule has 1 rings (SSSR count). The molecule has 0 aromatic heterocycles. The quantitative estimate of drug-likeness (QED) is 0.627. The lowest BCUT2D eigenvalue weighted by atomic mass is 9.81. The van der Waals surface area contributed by atoms with E-state index in [4.69, 9.17) is 23.2 Å². The van der Waals surface area contributed by atoms with Crippen molar-refractivity contribution in [3.63, 3.8) is 0 Å². The Morgan fingerprint density at radius 2 is 1.94 bits per heavy atom. The van der Waals surface area contributed by atoms with E-state index in [0.717, 1.165) is 23.7 Å². The fourth-order valence-electron chi connectivity index (χ4n) is 1.96. The van der Waals surface area contributed by atoms with Crippen LogP contribution >= 0.6 is 39.1 Å². The normalized spacial score (nSPS) is 11.8. The van der Waals surface area contributed by atoms with E-state index in [2.05, 4.69) is 41.1 Å². The molecule has 0 N–H and O–H groups in total. The average Bonchev–Trinajstić information content (AvgIpc) is 2.28. The Morgan fingerprint density at radius 3 is 2.44 bits per heavy atom. The van der Waals surface area contributed by atoms with E-state index in [0.29, 0.717) is 11.8 Å². The summed E-state index contributed by atoms with van der Waals surface area (Å²) in [6.45, 7) is 2.18. The number of alkyl halides is 2. The Hall–Kier alpha value is 0.280. The third-order valence-electron chi connectivity index (χ3n) is 2.82. The Bertz CT molecular complexity index is 321. The number of hydrogen-bond donors (Lipinski definition) is 0. The lowest BCUT2D eigenvalue weighted by molar-refractivity contribution is 0.341. The van der Waals surface area contributed by atoms with Crippen molar-refractivity contribution in [3.8, 4) is 0 Å². The maximum Gasteiger partial charge on any atom is 0.0294 e. The summed E-state index contributed by atoms with van der Waals surface area (Å²) >= 11 is 15.7. The smallest absolute Gasteiger partial charge is 0.0294 e. The number of halogens is 3. The fraction of sp³-hybridized carbons (Fsp3) is 0.538. The van der Waals surface area contributed by atoms with Crippen LogP contribution in [0.15, 0.2) is 28.7 Å². The summed E-state index contributed by atoms with van der Waals surface area (Å²) in [4.78, 5) is 0. The molecular formula is C13H17BrCl2. The minimum absolute atomic E-state index is 0.0403. The first-order valence-electron chi connectivity index (χ1n) is 5.52. The highest BCUT2D eigenvalue weighted by atomic mass is 79.9. The molecule has 0 aliphatic carbocycles. The summed E-state index contributed by atoms with van der Waals surface area (Å²) in [5.74, 6) is 1.24. The molecule has 0 unspecified atom stereocenters. The summed E-state index contributed by atoms with van der Waals surface area (Å²) in [5, 5.41) is 0. The zero-order valence-electron chi connectivity index (χ0n) is 9.48. The van der Waals surface area contributed by atoms with Gasteiger partial charge in [-0.15, -0.1) is 23.2 Å². The maximum absolute atomic E-state index is 6.10. The Kier molecular flexibility index (Phi) is 6.17. The summed E-state index contributed by atoms with van der Waals surface area (Å²) < 4.78 is 1.11. The Morgan fingerprint density at radius 1 is 1.25 bits per heavy atom. The second kappa shape index (κ2) is 6.88. The summed E-state index contributed by atoms with van der Waals surface area (Å²) in [7, 11) is 0. The second-order valence-electron chi connectivity index (χ2n) is 4.32. The van der Waals surface area contributed by atoms with Gasteiger partial charge in [0.05, 0.1) is 0 Å². The van der Waals surface area contributed by atoms with Gasteiger partial charge in [0, 0.05) is 21.6 Å². The van der Waals surface area contributed by atoms with Crippen LogP contribution in [0.2, 0.25) is 0 Å². The number of rotatable bonds is 6. The topological polar surface area (TPSA) is 0 Å². The monoisotopic (exact) mass is 322 g/mol. The van der Waals surface area contributed by atoms with Gasteiger partial charge in [-0.2, -0.15) is 0 Å². The van der Waals surface area contributed by atoms with Crippen molar-refractivity contribution in [1.29, 1.82) is 0 Å². The molecule has 90 valence electrons. The van der Waals surface area contributed by atoms with Crippen LogP contribution in [0.4, 0.5) is 0 Å². The molecule has 1 aromatic rings. The van der Waals surface area contributed by atoms with Gasteiger partial charge in [-0.25, -0.2) is 0 Å². The highest BCUT2D eigenvalue weighted by Gasteiger charge is 2.27. The van der Waals surface area contributed by atoms with Crippen LogP contribution in [0.5, 0.6) is 0 Å². The van der Waals surface area contributed by atoms with Crippen LogP contribution in [-0.2, 0) is 6.42 Å². The summed E-state index contributed by atoms with van der Waals surface area (Å²) in [5.41, 5.74) is 1.34. The first-order valence-corrected chi connectivity index (χ1v) is 7.38.